The van der Waals surface area contributed by atoms with Gasteiger partial charge in [0.1, 0.15) is 18.2 Å². The van der Waals surface area contributed by atoms with Gasteiger partial charge in [0.2, 0.25) is 5.91 Å². The van der Waals surface area contributed by atoms with Gasteiger partial charge in [-0.05, 0) is 6.07 Å². The molecule has 0 aliphatic rings. The van der Waals surface area contributed by atoms with Gasteiger partial charge in [0.25, 0.3) is 0 Å². The zero-order valence-corrected chi connectivity index (χ0v) is 9.94. The Labute approximate surface area is 108 Å². The van der Waals surface area contributed by atoms with E-state index in [9.17, 15) is 13.6 Å². The highest BCUT2D eigenvalue weighted by Crippen LogP contribution is 2.12. The molecule has 2 rings (SSSR count). The molecular weight excluding hydrogens is 254 g/mol. The van der Waals surface area contributed by atoms with Crippen LogP contribution in [-0.4, -0.2) is 15.7 Å². The number of primary amides is 1. The molecule has 0 aliphatic carbocycles. The first-order valence-corrected chi connectivity index (χ1v) is 5.53. The maximum absolute atomic E-state index is 13.4. The number of amides is 1. The minimum Gasteiger partial charge on any atom is -0.378 e. The van der Waals surface area contributed by atoms with Crippen molar-refractivity contribution in [3.05, 3.63) is 47.8 Å². The summed E-state index contributed by atoms with van der Waals surface area (Å²) in [5.41, 5.74) is 5.98. The summed E-state index contributed by atoms with van der Waals surface area (Å²) in [6, 6.07) is 3.38. The summed E-state index contributed by atoms with van der Waals surface area (Å²) in [6.07, 6.45) is 3.07. The number of hydrogen-bond acceptors (Lipinski definition) is 3. The van der Waals surface area contributed by atoms with Gasteiger partial charge < -0.3 is 11.1 Å². The van der Waals surface area contributed by atoms with Crippen molar-refractivity contribution in [3.8, 4) is 0 Å². The summed E-state index contributed by atoms with van der Waals surface area (Å²) in [7, 11) is 0. The molecule has 1 aromatic carbocycles. The number of carbonyl (C=O) groups excluding carboxylic acids is 1. The molecule has 0 atom stereocenters. The predicted molar refractivity (Wildman–Crippen MR) is 65.1 cm³/mol. The number of rotatable bonds is 5. The number of nitrogens with one attached hydrogen (secondary N) is 1. The fraction of sp³-hybridized carbons (Fsp3) is 0.167. The van der Waals surface area contributed by atoms with Crippen LogP contribution in [0.15, 0.2) is 30.6 Å². The Hall–Kier alpha value is -2.44. The highest BCUT2D eigenvalue weighted by Gasteiger charge is 2.05. The smallest absolute Gasteiger partial charge is 0.239 e. The van der Waals surface area contributed by atoms with E-state index in [0.717, 1.165) is 6.07 Å². The second-order valence-electron chi connectivity index (χ2n) is 3.98. The SMILES string of the molecule is NC(=O)Cn1cc(NCc2ccc(F)cc2F)cn1. The summed E-state index contributed by atoms with van der Waals surface area (Å²) in [5, 5.41) is 6.82. The molecular formula is C12H12F2N4O. The Morgan fingerprint density at radius 3 is 2.89 bits per heavy atom. The number of nitrogens with zero attached hydrogens (tertiary/aromatic N) is 2. The molecule has 0 radical (unpaired) electrons. The van der Waals surface area contributed by atoms with Crippen molar-refractivity contribution >= 4 is 11.6 Å². The molecule has 0 spiro atoms. The molecule has 100 valence electrons. The Kier molecular flexibility index (Phi) is 3.74. The third-order valence-electron chi connectivity index (χ3n) is 2.45. The third kappa shape index (κ3) is 3.51. The first-order chi connectivity index (χ1) is 9.04. The standard InChI is InChI=1S/C12H12F2N4O/c13-9-2-1-8(11(14)3-9)4-16-10-5-17-18(6-10)7-12(15)19/h1-3,5-6,16H,4,7H2,(H2,15,19). The van der Waals surface area contributed by atoms with Gasteiger partial charge in [-0.15, -0.1) is 0 Å². The lowest BCUT2D eigenvalue weighted by Gasteiger charge is -2.05. The van der Waals surface area contributed by atoms with Crippen LogP contribution in [0.5, 0.6) is 0 Å². The van der Waals surface area contributed by atoms with Crippen LogP contribution in [0.4, 0.5) is 14.5 Å². The van der Waals surface area contributed by atoms with E-state index in [-0.39, 0.29) is 13.1 Å². The Balaban J connectivity index is 1.98. The third-order valence-corrected chi connectivity index (χ3v) is 2.45. The molecule has 1 aromatic heterocycles. The molecule has 7 heteroatoms. The molecule has 0 fully saturated rings. The van der Waals surface area contributed by atoms with Gasteiger partial charge in [0.15, 0.2) is 0 Å². The molecule has 1 amide bonds. The predicted octanol–water partition coefficient (Wildman–Crippen LogP) is 1.26. The maximum atomic E-state index is 13.4. The summed E-state index contributed by atoms with van der Waals surface area (Å²) < 4.78 is 27.5. The average molecular weight is 266 g/mol. The van der Waals surface area contributed by atoms with Crippen LogP contribution in [0.3, 0.4) is 0 Å². The summed E-state index contributed by atoms with van der Waals surface area (Å²) >= 11 is 0. The second-order valence-corrected chi connectivity index (χ2v) is 3.98. The van der Waals surface area contributed by atoms with E-state index in [1.54, 1.807) is 6.20 Å². The van der Waals surface area contributed by atoms with Crippen LogP contribution in [-0.2, 0) is 17.9 Å². The Bertz CT molecular complexity index is 597. The average Bonchev–Trinajstić information content (AvgIpc) is 2.74. The van der Waals surface area contributed by atoms with Gasteiger partial charge in [0.05, 0.1) is 11.9 Å². The fourth-order valence-electron chi connectivity index (χ4n) is 1.56. The highest BCUT2D eigenvalue weighted by molar-refractivity contribution is 5.73. The quantitative estimate of drug-likeness (QED) is 0.855. The number of carbonyl (C=O) groups is 1. The second kappa shape index (κ2) is 5.47. The number of anilines is 1. The lowest BCUT2D eigenvalue weighted by Crippen LogP contribution is -2.18. The van der Waals surface area contributed by atoms with Crippen molar-refractivity contribution in [2.45, 2.75) is 13.1 Å². The van der Waals surface area contributed by atoms with Gasteiger partial charge in [0, 0.05) is 24.4 Å². The monoisotopic (exact) mass is 266 g/mol. The van der Waals surface area contributed by atoms with E-state index in [0.29, 0.717) is 11.3 Å². The number of nitrogens with two attached hydrogens (primary N) is 1. The van der Waals surface area contributed by atoms with Crippen LogP contribution in [0.1, 0.15) is 5.56 Å². The summed E-state index contributed by atoms with van der Waals surface area (Å²) in [6.45, 7) is 0.168. The van der Waals surface area contributed by atoms with Gasteiger partial charge >= 0.3 is 0 Å². The van der Waals surface area contributed by atoms with Crippen LogP contribution in [0, 0.1) is 11.6 Å². The van der Waals surface area contributed by atoms with Gasteiger partial charge in [-0.3, -0.25) is 9.48 Å². The van der Waals surface area contributed by atoms with Crippen molar-refractivity contribution in [3.63, 3.8) is 0 Å². The van der Waals surface area contributed by atoms with Crippen LogP contribution < -0.4 is 11.1 Å². The first-order valence-electron chi connectivity index (χ1n) is 5.53. The molecule has 0 bridgehead atoms. The first kappa shape index (κ1) is 13.0. The zero-order valence-electron chi connectivity index (χ0n) is 9.94. The molecule has 1 heterocycles. The van der Waals surface area contributed by atoms with Gasteiger partial charge in [-0.1, -0.05) is 6.07 Å². The highest BCUT2D eigenvalue weighted by atomic mass is 19.1. The summed E-state index contributed by atoms with van der Waals surface area (Å²) in [5.74, 6) is -1.73. The molecule has 3 N–H and O–H groups in total. The van der Waals surface area contributed by atoms with Crippen LogP contribution in [0.2, 0.25) is 0 Å². The van der Waals surface area contributed by atoms with Crippen molar-refractivity contribution in [2.75, 3.05) is 5.32 Å². The number of aromatic nitrogens is 2. The van der Waals surface area contributed by atoms with Crippen molar-refractivity contribution in [1.29, 1.82) is 0 Å². The van der Waals surface area contributed by atoms with Crippen LogP contribution >= 0.6 is 0 Å². The lowest BCUT2D eigenvalue weighted by atomic mass is 10.2. The van der Waals surface area contributed by atoms with Gasteiger partial charge in [-0.2, -0.15) is 5.10 Å². The maximum Gasteiger partial charge on any atom is 0.239 e. The minimum atomic E-state index is -0.615. The lowest BCUT2D eigenvalue weighted by molar-refractivity contribution is -0.118. The molecule has 5 nitrogen and oxygen atoms in total. The number of hydrogen-bond donors (Lipinski definition) is 2. The largest absolute Gasteiger partial charge is 0.378 e. The molecule has 0 unspecified atom stereocenters. The Morgan fingerprint density at radius 1 is 1.42 bits per heavy atom. The topological polar surface area (TPSA) is 72.9 Å². The summed E-state index contributed by atoms with van der Waals surface area (Å²) in [4.78, 5) is 10.7. The fourth-order valence-corrected chi connectivity index (χ4v) is 1.56. The normalized spacial score (nSPS) is 10.4. The van der Waals surface area contributed by atoms with Gasteiger partial charge in [-0.25, -0.2) is 8.78 Å². The molecule has 0 saturated heterocycles. The van der Waals surface area contributed by atoms with Crippen molar-refractivity contribution in [1.82, 2.24) is 9.78 Å². The number of benzene rings is 1. The number of halogens is 2. The van der Waals surface area contributed by atoms with E-state index in [2.05, 4.69) is 10.4 Å². The van der Waals surface area contributed by atoms with E-state index in [1.165, 1.54) is 23.0 Å². The molecule has 0 saturated carbocycles. The molecule has 0 aliphatic heterocycles. The van der Waals surface area contributed by atoms with E-state index in [1.807, 2.05) is 0 Å². The van der Waals surface area contributed by atoms with Crippen LogP contribution in [0.25, 0.3) is 0 Å². The van der Waals surface area contributed by atoms with E-state index < -0.39 is 17.5 Å². The molecule has 19 heavy (non-hydrogen) atoms. The van der Waals surface area contributed by atoms with Crippen molar-refractivity contribution in [2.24, 2.45) is 5.73 Å². The minimum absolute atomic E-state index is 0.0212. The van der Waals surface area contributed by atoms with E-state index >= 15 is 0 Å². The Morgan fingerprint density at radius 2 is 2.21 bits per heavy atom. The van der Waals surface area contributed by atoms with Crippen molar-refractivity contribution < 1.29 is 13.6 Å². The van der Waals surface area contributed by atoms with E-state index in [4.69, 9.17) is 5.73 Å². The zero-order chi connectivity index (χ0) is 13.8. The molecule has 2 aromatic rings.